The molecule has 1 aromatic carbocycles. The molecule has 0 spiro atoms. The van der Waals surface area contributed by atoms with E-state index in [1.807, 2.05) is 12.1 Å². The van der Waals surface area contributed by atoms with Gasteiger partial charge in [0, 0.05) is 12.7 Å². The van der Waals surface area contributed by atoms with E-state index in [0.717, 1.165) is 18.5 Å². The summed E-state index contributed by atoms with van der Waals surface area (Å²) in [5.41, 5.74) is 3.98. The van der Waals surface area contributed by atoms with Crippen LogP contribution < -0.4 is 10.1 Å². The molecule has 2 aromatic rings. The summed E-state index contributed by atoms with van der Waals surface area (Å²) < 4.78 is 6.82. The number of aryl methyl sites for hydroxylation is 2. The lowest BCUT2D eigenvalue weighted by atomic mass is 9.86. The molecule has 0 radical (unpaired) electrons. The predicted octanol–water partition coefficient (Wildman–Crippen LogP) is 4.22. The first kappa shape index (κ1) is 15.9. The molecule has 0 saturated carbocycles. The molecular weight excluding hydrogens is 314 g/mol. The molecule has 0 unspecified atom stereocenters. The number of amides is 1. The number of fused-ring (bicyclic) bond motifs is 1. The first-order valence-electron chi connectivity index (χ1n) is 7.60. The number of ether oxygens (including phenoxy) is 1. The lowest BCUT2D eigenvalue weighted by molar-refractivity contribution is 0.215. The standard InChI is InChI=1S/C17H20ClN3O2/c1-10-14(15(18)21(4)20-10)23-16(22)19-13-7-5-6-12-11(13)8-9-17(12,2)3/h5-7H,8-9H2,1-4H3,(H,19,22). The molecule has 0 atom stereocenters. The van der Waals surface area contributed by atoms with Crippen LogP contribution in [0.15, 0.2) is 18.2 Å². The van der Waals surface area contributed by atoms with Gasteiger partial charge in [0.25, 0.3) is 0 Å². The number of carbonyl (C=O) groups is 1. The number of aromatic nitrogens is 2. The Morgan fingerprint density at radius 3 is 2.83 bits per heavy atom. The van der Waals surface area contributed by atoms with E-state index < -0.39 is 6.09 Å². The number of halogens is 1. The van der Waals surface area contributed by atoms with E-state index in [9.17, 15) is 4.79 Å². The SMILES string of the molecule is Cc1nn(C)c(Cl)c1OC(=O)Nc1cccc2c1CCC2(C)C. The van der Waals surface area contributed by atoms with Crippen molar-refractivity contribution in [2.24, 2.45) is 7.05 Å². The summed E-state index contributed by atoms with van der Waals surface area (Å²) in [6.07, 6.45) is 1.47. The van der Waals surface area contributed by atoms with E-state index in [-0.39, 0.29) is 5.41 Å². The van der Waals surface area contributed by atoms with Gasteiger partial charge < -0.3 is 4.74 Å². The van der Waals surface area contributed by atoms with E-state index in [4.69, 9.17) is 16.3 Å². The number of hydrogen-bond donors (Lipinski definition) is 1. The number of nitrogens with zero attached hydrogens (tertiary/aromatic N) is 2. The molecule has 0 saturated heterocycles. The zero-order valence-electron chi connectivity index (χ0n) is 13.7. The van der Waals surface area contributed by atoms with Crippen molar-refractivity contribution in [1.29, 1.82) is 0 Å². The Balaban J connectivity index is 1.81. The molecular formula is C17H20ClN3O2. The van der Waals surface area contributed by atoms with Crippen molar-refractivity contribution >= 4 is 23.4 Å². The molecule has 1 amide bonds. The number of carbonyl (C=O) groups excluding carboxylic acids is 1. The summed E-state index contributed by atoms with van der Waals surface area (Å²) in [7, 11) is 1.70. The van der Waals surface area contributed by atoms with Crippen LogP contribution in [0.5, 0.6) is 5.75 Å². The topological polar surface area (TPSA) is 56.2 Å². The van der Waals surface area contributed by atoms with Gasteiger partial charge in [0.1, 0.15) is 5.69 Å². The van der Waals surface area contributed by atoms with E-state index in [1.165, 1.54) is 15.8 Å². The van der Waals surface area contributed by atoms with Crippen molar-refractivity contribution in [3.63, 3.8) is 0 Å². The summed E-state index contributed by atoms with van der Waals surface area (Å²) in [6, 6.07) is 5.99. The minimum atomic E-state index is -0.555. The molecule has 0 aliphatic heterocycles. The lowest BCUT2D eigenvalue weighted by Crippen LogP contribution is -2.18. The van der Waals surface area contributed by atoms with Gasteiger partial charge in [-0.05, 0) is 42.4 Å². The van der Waals surface area contributed by atoms with Gasteiger partial charge in [0.15, 0.2) is 10.9 Å². The summed E-state index contributed by atoms with van der Waals surface area (Å²) in [5, 5.41) is 7.27. The van der Waals surface area contributed by atoms with Gasteiger partial charge in [-0.25, -0.2) is 4.79 Å². The van der Waals surface area contributed by atoms with Crippen molar-refractivity contribution in [3.8, 4) is 5.75 Å². The number of nitrogens with one attached hydrogen (secondary N) is 1. The molecule has 6 heteroatoms. The summed E-state index contributed by atoms with van der Waals surface area (Å²) in [5.74, 6) is 0.291. The first-order valence-corrected chi connectivity index (χ1v) is 7.97. The third kappa shape index (κ3) is 2.81. The van der Waals surface area contributed by atoms with Crippen molar-refractivity contribution < 1.29 is 9.53 Å². The average molecular weight is 334 g/mol. The molecule has 1 aliphatic carbocycles. The molecule has 1 aromatic heterocycles. The quantitative estimate of drug-likeness (QED) is 0.895. The van der Waals surface area contributed by atoms with E-state index in [2.05, 4.69) is 30.3 Å². The smallest absolute Gasteiger partial charge is 0.405 e. The Kier molecular flexibility index (Phi) is 3.84. The van der Waals surface area contributed by atoms with Crippen LogP contribution in [0.3, 0.4) is 0 Å². The van der Waals surface area contributed by atoms with Crippen LogP contribution in [-0.4, -0.2) is 15.9 Å². The summed E-state index contributed by atoms with van der Waals surface area (Å²) in [4.78, 5) is 12.2. The van der Waals surface area contributed by atoms with Gasteiger partial charge in [-0.2, -0.15) is 5.10 Å². The van der Waals surface area contributed by atoms with Crippen molar-refractivity contribution in [2.45, 2.75) is 39.0 Å². The third-order valence-electron chi connectivity index (χ3n) is 4.44. The number of anilines is 1. The van der Waals surface area contributed by atoms with Crippen LogP contribution in [0.4, 0.5) is 10.5 Å². The van der Waals surface area contributed by atoms with E-state index in [0.29, 0.717) is 16.6 Å². The van der Waals surface area contributed by atoms with Crippen LogP contribution in [0, 0.1) is 6.92 Å². The van der Waals surface area contributed by atoms with Crippen molar-refractivity contribution in [1.82, 2.24) is 9.78 Å². The van der Waals surface area contributed by atoms with Gasteiger partial charge in [0.2, 0.25) is 0 Å². The number of benzene rings is 1. The molecule has 1 heterocycles. The van der Waals surface area contributed by atoms with E-state index >= 15 is 0 Å². The van der Waals surface area contributed by atoms with Gasteiger partial charge in [-0.15, -0.1) is 0 Å². The average Bonchev–Trinajstić information content (AvgIpc) is 2.91. The Bertz CT molecular complexity index is 780. The fraction of sp³-hybridized carbons (Fsp3) is 0.412. The maximum atomic E-state index is 12.2. The largest absolute Gasteiger partial charge is 0.417 e. The van der Waals surface area contributed by atoms with Crippen LogP contribution in [0.1, 0.15) is 37.1 Å². The molecule has 1 N–H and O–H groups in total. The maximum Gasteiger partial charge on any atom is 0.417 e. The second-order valence-corrected chi connectivity index (χ2v) is 6.92. The van der Waals surface area contributed by atoms with E-state index in [1.54, 1.807) is 14.0 Å². The van der Waals surface area contributed by atoms with Gasteiger partial charge >= 0.3 is 6.09 Å². The van der Waals surface area contributed by atoms with Crippen LogP contribution in [0.25, 0.3) is 0 Å². The van der Waals surface area contributed by atoms with Crippen molar-refractivity contribution in [3.05, 3.63) is 40.2 Å². The molecule has 1 aliphatic rings. The minimum Gasteiger partial charge on any atom is -0.405 e. The minimum absolute atomic E-state index is 0.139. The van der Waals surface area contributed by atoms with Crippen molar-refractivity contribution in [2.75, 3.05) is 5.32 Å². The Morgan fingerprint density at radius 2 is 2.17 bits per heavy atom. The fourth-order valence-corrected chi connectivity index (χ4v) is 3.35. The zero-order valence-corrected chi connectivity index (χ0v) is 14.5. The number of hydrogen-bond acceptors (Lipinski definition) is 3. The van der Waals surface area contributed by atoms with Gasteiger partial charge in [0.05, 0.1) is 0 Å². The van der Waals surface area contributed by atoms with Gasteiger partial charge in [-0.3, -0.25) is 10.00 Å². The first-order chi connectivity index (χ1) is 10.8. The molecule has 3 rings (SSSR count). The monoisotopic (exact) mass is 333 g/mol. The lowest BCUT2D eigenvalue weighted by Gasteiger charge is -2.19. The Morgan fingerprint density at radius 1 is 1.43 bits per heavy atom. The Labute approximate surface area is 140 Å². The molecule has 0 fully saturated rings. The number of rotatable bonds is 2. The molecule has 23 heavy (non-hydrogen) atoms. The molecule has 0 bridgehead atoms. The molecule has 122 valence electrons. The second kappa shape index (κ2) is 5.57. The highest BCUT2D eigenvalue weighted by Crippen LogP contribution is 2.41. The summed E-state index contributed by atoms with van der Waals surface area (Å²) >= 11 is 6.09. The highest BCUT2D eigenvalue weighted by atomic mass is 35.5. The third-order valence-corrected chi connectivity index (χ3v) is 4.85. The maximum absolute atomic E-state index is 12.2. The van der Waals surface area contributed by atoms with Crippen LogP contribution >= 0.6 is 11.6 Å². The highest BCUT2D eigenvalue weighted by Gasteiger charge is 2.31. The van der Waals surface area contributed by atoms with Crippen LogP contribution in [0.2, 0.25) is 5.15 Å². The Hall–Kier alpha value is -2.01. The van der Waals surface area contributed by atoms with Gasteiger partial charge in [-0.1, -0.05) is 37.6 Å². The fourth-order valence-electron chi connectivity index (χ4n) is 3.13. The molecule has 5 nitrogen and oxygen atoms in total. The van der Waals surface area contributed by atoms with Crippen LogP contribution in [-0.2, 0) is 18.9 Å². The predicted molar refractivity (Wildman–Crippen MR) is 90.4 cm³/mol. The second-order valence-electron chi connectivity index (χ2n) is 6.56. The zero-order chi connectivity index (χ0) is 16.8. The normalized spacial score (nSPS) is 15.3. The highest BCUT2D eigenvalue weighted by molar-refractivity contribution is 6.31. The summed E-state index contributed by atoms with van der Waals surface area (Å²) in [6.45, 7) is 6.19.